The fourth-order valence-corrected chi connectivity index (χ4v) is 1.97. The van der Waals surface area contributed by atoms with Crippen LogP contribution >= 0.6 is 0 Å². The molecule has 0 aromatic heterocycles. The molecule has 2 aromatic rings. The Morgan fingerprint density at radius 1 is 0.800 bits per heavy atom. The number of alkyl halides is 8. The molecule has 0 fully saturated rings. The fourth-order valence-electron chi connectivity index (χ4n) is 1.97. The highest BCUT2D eigenvalue weighted by Gasteiger charge is 2.32. The molecule has 0 atom stereocenters. The highest BCUT2D eigenvalue weighted by Crippen LogP contribution is 2.38. The Labute approximate surface area is 135 Å². The second-order valence-electron chi connectivity index (χ2n) is 4.66. The Balaban J connectivity index is 2.44. The quantitative estimate of drug-likeness (QED) is 0.625. The van der Waals surface area contributed by atoms with E-state index >= 15 is 0 Å². The number of hydrogen-bond donors (Lipinski definition) is 0. The average Bonchev–Trinajstić information content (AvgIpc) is 2.45. The summed E-state index contributed by atoms with van der Waals surface area (Å²) >= 11 is 0. The van der Waals surface area contributed by atoms with Crippen LogP contribution in [-0.4, -0.2) is 13.0 Å². The highest BCUT2D eigenvalue weighted by molar-refractivity contribution is 5.72. The lowest BCUT2D eigenvalue weighted by Gasteiger charge is -2.15. The van der Waals surface area contributed by atoms with Gasteiger partial charge in [-0.15, -0.1) is 13.2 Å². The molecule has 0 heterocycles. The minimum absolute atomic E-state index is 0.0590. The lowest BCUT2D eigenvalue weighted by Crippen LogP contribution is -2.16. The van der Waals surface area contributed by atoms with Gasteiger partial charge in [0, 0.05) is 5.56 Å². The molecule has 136 valence electrons. The summed E-state index contributed by atoms with van der Waals surface area (Å²) < 4.78 is 107. The van der Waals surface area contributed by atoms with Gasteiger partial charge in [-0.2, -0.15) is 22.0 Å². The third-order valence-electron chi connectivity index (χ3n) is 2.92. The van der Waals surface area contributed by atoms with Gasteiger partial charge in [0.1, 0.15) is 11.5 Å². The first-order valence-electron chi connectivity index (χ1n) is 6.48. The van der Waals surface area contributed by atoms with Crippen molar-refractivity contribution < 1.29 is 44.6 Å². The zero-order chi connectivity index (χ0) is 18.8. The summed E-state index contributed by atoms with van der Waals surface area (Å²) in [5, 5.41) is 0. The summed E-state index contributed by atoms with van der Waals surface area (Å²) in [6, 6.07) is 5.51. The molecule has 0 spiro atoms. The number of benzene rings is 2. The van der Waals surface area contributed by atoms with Crippen molar-refractivity contribution in [3.05, 3.63) is 48.0 Å². The van der Waals surface area contributed by atoms with Gasteiger partial charge >= 0.3 is 19.2 Å². The summed E-state index contributed by atoms with van der Waals surface area (Å²) in [4.78, 5) is 0. The first-order chi connectivity index (χ1) is 11.5. The van der Waals surface area contributed by atoms with Crippen LogP contribution in [0.3, 0.4) is 0 Å². The number of ether oxygens (including phenoxy) is 2. The fraction of sp³-hybridized carbons (Fsp3) is 0.200. The van der Waals surface area contributed by atoms with Crippen LogP contribution in [0.25, 0.3) is 11.1 Å². The van der Waals surface area contributed by atoms with Crippen molar-refractivity contribution in [1.82, 2.24) is 0 Å². The molecule has 2 nitrogen and oxygen atoms in total. The minimum atomic E-state index is -4.94. The van der Waals surface area contributed by atoms with E-state index in [0.29, 0.717) is 18.2 Å². The van der Waals surface area contributed by atoms with Crippen LogP contribution in [0.4, 0.5) is 35.1 Å². The average molecular weight is 372 g/mol. The van der Waals surface area contributed by atoms with Crippen molar-refractivity contribution in [2.24, 2.45) is 0 Å². The van der Waals surface area contributed by atoms with E-state index in [-0.39, 0.29) is 11.1 Å². The van der Waals surface area contributed by atoms with Crippen molar-refractivity contribution >= 4 is 0 Å². The number of hydrogen-bond acceptors (Lipinski definition) is 2. The Hall–Kier alpha value is -2.52. The van der Waals surface area contributed by atoms with E-state index in [2.05, 4.69) is 9.47 Å². The van der Waals surface area contributed by atoms with E-state index < -0.39 is 36.2 Å². The summed E-state index contributed by atoms with van der Waals surface area (Å²) in [5.74, 6) is -1.16. The second kappa shape index (κ2) is 6.77. The number of rotatable bonds is 4. The van der Waals surface area contributed by atoms with Gasteiger partial charge in [0.25, 0.3) is 0 Å². The molecule has 2 rings (SSSR count). The molecule has 0 radical (unpaired) electrons. The lowest BCUT2D eigenvalue weighted by molar-refractivity contribution is -0.274. The van der Waals surface area contributed by atoms with Gasteiger partial charge in [-0.25, -0.2) is 0 Å². The van der Waals surface area contributed by atoms with Crippen LogP contribution in [0.15, 0.2) is 42.5 Å². The molecule has 0 aliphatic heterocycles. The molecule has 0 unspecified atom stereocenters. The molecule has 0 saturated heterocycles. The van der Waals surface area contributed by atoms with Crippen LogP contribution in [-0.2, 0) is 6.18 Å². The lowest BCUT2D eigenvalue weighted by atomic mass is 10.0. The number of halogens is 8. The van der Waals surface area contributed by atoms with E-state index in [1.54, 1.807) is 0 Å². The largest absolute Gasteiger partial charge is 0.573 e. The first-order valence-corrected chi connectivity index (χ1v) is 6.48. The third-order valence-corrected chi connectivity index (χ3v) is 2.92. The van der Waals surface area contributed by atoms with E-state index in [4.69, 9.17) is 0 Å². The molecule has 2 aromatic carbocycles. The Morgan fingerprint density at radius 3 is 1.88 bits per heavy atom. The maximum atomic E-state index is 12.8. The van der Waals surface area contributed by atoms with Crippen LogP contribution in [0.1, 0.15) is 5.56 Å². The third kappa shape index (κ3) is 5.23. The molecule has 0 aliphatic rings. The van der Waals surface area contributed by atoms with Crippen LogP contribution in [0.5, 0.6) is 11.5 Å². The highest BCUT2D eigenvalue weighted by atomic mass is 19.4. The van der Waals surface area contributed by atoms with Gasteiger partial charge in [-0.1, -0.05) is 12.1 Å². The molecule has 0 aliphatic carbocycles. The monoisotopic (exact) mass is 372 g/mol. The predicted molar refractivity (Wildman–Crippen MR) is 70.2 cm³/mol. The van der Waals surface area contributed by atoms with Gasteiger partial charge in [-0.3, -0.25) is 0 Å². The summed E-state index contributed by atoms with van der Waals surface area (Å²) in [7, 11) is 0. The van der Waals surface area contributed by atoms with Crippen LogP contribution < -0.4 is 9.47 Å². The zero-order valence-electron chi connectivity index (χ0n) is 12.0. The standard InChI is InChI=1S/C15H8F8O2/c16-13(17)24-12-6-3-9(14(18,19)20)7-11(12)8-1-4-10(5-2-8)25-15(21,22)23/h1-7,13H. The molecular formula is C15H8F8O2. The summed E-state index contributed by atoms with van der Waals surface area (Å²) in [6.45, 7) is -3.29. The van der Waals surface area contributed by atoms with Gasteiger partial charge in [-0.05, 0) is 35.9 Å². The maximum absolute atomic E-state index is 12.8. The van der Waals surface area contributed by atoms with Crippen LogP contribution in [0.2, 0.25) is 0 Å². The second-order valence-corrected chi connectivity index (χ2v) is 4.66. The molecule has 0 amide bonds. The van der Waals surface area contributed by atoms with Gasteiger partial charge in [0.15, 0.2) is 0 Å². The van der Waals surface area contributed by atoms with Crippen molar-refractivity contribution in [1.29, 1.82) is 0 Å². The van der Waals surface area contributed by atoms with Crippen molar-refractivity contribution in [3.63, 3.8) is 0 Å². The normalized spacial score (nSPS) is 12.4. The Bertz CT molecular complexity index is 720. The first kappa shape index (κ1) is 18.8. The molecule has 0 bridgehead atoms. The van der Waals surface area contributed by atoms with Gasteiger partial charge < -0.3 is 9.47 Å². The van der Waals surface area contributed by atoms with E-state index in [1.807, 2.05) is 0 Å². The van der Waals surface area contributed by atoms with Crippen molar-refractivity contribution in [2.75, 3.05) is 0 Å². The minimum Gasteiger partial charge on any atom is -0.434 e. The van der Waals surface area contributed by atoms with Gasteiger partial charge in [0.2, 0.25) is 0 Å². The van der Waals surface area contributed by atoms with Gasteiger partial charge in [0.05, 0.1) is 5.56 Å². The smallest absolute Gasteiger partial charge is 0.434 e. The van der Waals surface area contributed by atoms with Crippen LogP contribution in [0, 0.1) is 0 Å². The molecule has 0 N–H and O–H groups in total. The van der Waals surface area contributed by atoms with E-state index in [1.165, 1.54) is 0 Å². The Kier molecular flexibility index (Phi) is 5.09. The molecular weight excluding hydrogens is 364 g/mol. The molecule has 25 heavy (non-hydrogen) atoms. The maximum Gasteiger partial charge on any atom is 0.573 e. The predicted octanol–water partition coefficient (Wildman–Crippen LogP) is 5.87. The summed E-state index contributed by atoms with van der Waals surface area (Å²) in [6.07, 6.45) is -9.68. The molecule has 10 heteroatoms. The van der Waals surface area contributed by atoms with E-state index in [0.717, 1.165) is 24.3 Å². The van der Waals surface area contributed by atoms with Crippen molar-refractivity contribution in [3.8, 4) is 22.6 Å². The van der Waals surface area contributed by atoms with E-state index in [9.17, 15) is 35.1 Å². The Morgan fingerprint density at radius 2 is 1.40 bits per heavy atom. The zero-order valence-corrected chi connectivity index (χ0v) is 12.0. The van der Waals surface area contributed by atoms with Crippen molar-refractivity contribution in [2.45, 2.75) is 19.2 Å². The SMILES string of the molecule is FC(F)Oc1ccc(C(F)(F)F)cc1-c1ccc(OC(F)(F)F)cc1. The summed E-state index contributed by atoms with van der Waals surface area (Å²) in [5.41, 5.74) is -1.54. The topological polar surface area (TPSA) is 18.5 Å². The molecule has 0 saturated carbocycles.